The van der Waals surface area contributed by atoms with Gasteiger partial charge >= 0.3 is 11.8 Å². The lowest BCUT2D eigenvalue weighted by atomic mass is 10.3. The van der Waals surface area contributed by atoms with E-state index in [1.54, 1.807) is 48.8 Å². The molecule has 0 aliphatic heterocycles. The molecule has 2 amide bonds. The Morgan fingerprint density at radius 2 is 1.71 bits per heavy atom. The highest BCUT2D eigenvalue weighted by Crippen LogP contribution is 2.13. The molecule has 1 aromatic heterocycles. The van der Waals surface area contributed by atoms with Crippen LogP contribution in [0.25, 0.3) is 0 Å². The van der Waals surface area contributed by atoms with Gasteiger partial charge in [0, 0.05) is 23.1 Å². The van der Waals surface area contributed by atoms with Crippen molar-refractivity contribution in [2.45, 2.75) is 0 Å². The molecule has 6 nitrogen and oxygen atoms in total. The lowest BCUT2D eigenvalue weighted by Crippen LogP contribution is -2.32. The summed E-state index contributed by atoms with van der Waals surface area (Å²) in [5.74, 6) is -1.68. The quantitative estimate of drug-likeness (QED) is 0.515. The van der Waals surface area contributed by atoms with Gasteiger partial charge in [-0.2, -0.15) is 5.10 Å². The SMILES string of the molecule is O=C(NN=Cc1ccncc1)C(=O)Nc1ccc(Cl)cc1. The average Bonchev–Trinajstić information content (AvgIpc) is 2.50. The molecule has 0 radical (unpaired) electrons. The number of benzene rings is 1. The molecule has 0 fully saturated rings. The predicted octanol–water partition coefficient (Wildman–Crippen LogP) is 1.82. The lowest BCUT2D eigenvalue weighted by Gasteiger charge is -2.03. The number of halogens is 1. The van der Waals surface area contributed by atoms with E-state index in [0.717, 1.165) is 5.56 Å². The summed E-state index contributed by atoms with van der Waals surface area (Å²) < 4.78 is 0. The maximum absolute atomic E-state index is 11.6. The van der Waals surface area contributed by atoms with E-state index < -0.39 is 11.8 Å². The number of nitrogens with zero attached hydrogens (tertiary/aromatic N) is 2. The Morgan fingerprint density at radius 1 is 1.05 bits per heavy atom. The van der Waals surface area contributed by atoms with E-state index in [-0.39, 0.29) is 0 Å². The number of pyridine rings is 1. The molecular formula is C14H11ClN4O2. The minimum absolute atomic E-state index is 0.470. The Bertz CT molecular complexity index is 656. The third-order valence-electron chi connectivity index (χ3n) is 2.39. The molecule has 2 rings (SSSR count). The number of rotatable bonds is 3. The Morgan fingerprint density at radius 3 is 2.38 bits per heavy atom. The van der Waals surface area contributed by atoms with Gasteiger partial charge < -0.3 is 5.32 Å². The van der Waals surface area contributed by atoms with Crippen molar-refractivity contribution in [1.82, 2.24) is 10.4 Å². The zero-order chi connectivity index (χ0) is 15.1. The van der Waals surface area contributed by atoms with Crippen LogP contribution in [0.5, 0.6) is 0 Å². The molecule has 0 aliphatic carbocycles. The molecule has 1 heterocycles. The van der Waals surface area contributed by atoms with Gasteiger partial charge in [0.1, 0.15) is 0 Å². The molecule has 0 saturated carbocycles. The van der Waals surface area contributed by atoms with Crippen LogP contribution in [0.4, 0.5) is 5.69 Å². The summed E-state index contributed by atoms with van der Waals surface area (Å²) in [6, 6.07) is 9.82. The number of nitrogens with one attached hydrogen (secondary N) is 2. The van der Waals surface area contributed by atoms with Crippen molar-refractivity contribution in [3.8, 4) is 0 Å². The van der Waals surface area contributed by atoms with Crippen LogP contribution in [0, 0.1) is 0 Å². The van der Waals surface area contributed by atoms with Crippen LogP contribution in [-0.4, -0.2) is 23.0 Å². The number of hydrazone groups is 1. The minimum Gasteiger partial charge on any atom is -0.318 e. The maximum Gasteiger partial charge on any atom is 0.329 e. The van der Waals surface area contributed by atoms with E-state index in [1.165, 1.54) is 6.21 Å². The number of anilines is 1. The van der Waals surface area contributed by atoms with Crippen molar-refractivity contribution >= 4 is 35.3 Å². The van der Waals surface area contributed by atoms with Crippen LogP contribution in [-0.2, 0) is 9.59 Å². The van der Waals surface area contributed by atoms with E-state index in [4.69, 9.17) is 11.6 Å². The molecule has 0 atom stereocenters. The first-order valence-electron chi connectivity index (χ1n) is 5.95. The van der Waals surface area contributed by atoms with Gasteiger partial charge in [-0.05, 0) is 42.0 Å². The van der Waals surface area contributed by atoms with Gasteiger partial charge in [-0.15, -0.1) is 0 Å². The smallest absolute Gasteiger partial charge is 0.318 e. The molecule has 106 valence electrons. The van der Waals surface area contributed by atoms with Gasteiger partial charge in [-0.25, -0.2) is 5.43 Å². The number of amides is 2. The molecule has 0 saturated heterocycles. The van der Waals surface area contributed by atoms with Crippen molar-refractivity contribution in [1.29, 1.82) is 0 Å². The minimum atomic E-state index is -0.866. The first-order valence-corrected chi connectivity index (χ1v) is 6.33. The van der Waals surface area contributed by atoms with Crippen molar-refractivity contribution in [3.63, 3.8) is 0 Å². The van der Waals surface area contributed by atoms with Gasteiger partial charge in [0.05, 0.1) is 6.21 Å². The second kappa shape index (κ2) is 7.16. The third-order valence-corrected chi connectivity index (χ3v) is 2.65. The van der Waals surface area contributed by atoms with Crippen LogP contribution in [0.2, 0.25) is 5.02 Å². The summed E-state index contributed by atoms with van der Waals surface area (Å²) in [5.41, 5.74) is 3.36. The molecule has 0 bridgehead atoms. The Hall–Kier alpha value is -2.73. The fourth-order valence-corrected chi connectivity index (χ4v) is 1.51. The highest BCUT2D eigenvalue weighted by Gasteiger charge is 2.12. The summed E-state index contributed by atoms with van der Waals surface area (Å²) in [7, 11) is 0. The highest BCUT2D eigenvalue weighted by molar-refractivity contribution is 6.39. The van der Waals surface area contributed by atoms with E-state index >= 15 is 0 Å². The normalized spacial score (nSPS) is 10.3. The van der Waals surface area contributed by atoms with Crippen LogP contribution in [0.3, 0.4) is 0 Å². The van der Waals surface area contributed by atoms with E-state index in [2.05, 4.69) is 20.8 Å². The third kappa shape index (κ3) is 4.70. The topological polar surface area (TPSA) is 83.5 Å². The summed E-state index contributed by atoms with van der Waals surface area (Å²) >= 11 is 5.72. The Kier molecular flexibility index (Phi) is 5.00. The number of hydrogen-bond acceptors (Lipinski definition) is 4. The first-order chi connectivity index (χ1) is 10.1. The zero-order valence-electron chi connectivity index (χ0n) is 10.8. The number of hydrogen-bond donors (Lipinski definition) is 2. The van der Waals surface area contributed by atoms with E-state index in [1.807, 2.05) is 0 Å². The lowest BCUT2D eigenvalue weighted by molar-refractivity contribution is -0.136. The van der Waals surface area contributed by atoms with Gasteiger partial charge in [0.15, 0.2) is 0 Å². The van der Waals surface area contributed by atoms with Crippen molar-refractivity contribution in [3.05, 3.63) is 59.4 Å². The average molecular weight is 303 g/mol. The summed E-state index contributed by atoms with van der Waals surface area (Å²) in [5, 5.41) is 6.65. The van der Waals surface area contributed by atoms with Crippen molar-refractivity contribution < 1.29 is 9.59 Å². The Balaban J connectivity index is 1.87. The van der Waals surface area contributed by atoms with Gasteiger partial charge in [0.2, 0.25) is 0 Å². The number of carbonyl (C=O) groups excluding carboxylic acids is 2. The molecule has 21 heavy (non-hydrogen) atoms. The zero-order valence-corrected chi connectivity index (χ0v) is 11.5. The van der Waals surface area contributed by atoms with Crippen LogP contribution in [0.15, 0.2) is 53.9 Å². The molecule has 2 N–H and O–H groups in total. The fourth-order valence-electron chi connectivity index (χ4n) is 1.39. The van der Waals surface area contributed by atoms with Gasteiger partial charge in [-0.3, -0.25) is 14.6 Å². The monoisotopic (exact) mass is 302 g/mol. The van der Waals surface area contributed by atoms with Gasteiger partial charge in [-0.1, -0.05) is 11.6 Å². The molecule has 0 spiro atoms. The summed E-state index contributed by atoms with van der Waals surface area (Å²) in [4.78, 5) is 27.0. The van der Waals surface area contributed by atoms with Crippen LogP contribution in [0.1, 0.15) is 5.56 Å². The van der Waals surface area contributed by atoms with Crippen molar-refractivity contribution in [2.24, 2.45) is 5.10 Å². The van der Waals surface area contributed by atoms with Crippen LogP contribution >= 0.6 is 11.6 Å². The predicted molar refractivity (Wildman–Crippen MR) is 80.1 cm³/mol. The highest BCUT2D eigenvalue weighted by atomic mass is 35.5. The standard InChI is InChI=1S/C14H11ClN4O2/c15-11-1-3-12(4-2-11)18-13(20)14(21)19-17-9-10-5-7-16-8-6-10/h1-9H,(H,18,20)(H,19,21). The van der Waals surface area contributed by atoms with Crippen LogP contribution < -0.4 is 10.7 Å². The summed E-state index contributed by atoms with van der Waals surface area (Å²) in [6.45, 7) is 0. The second-order valence-electron chi connectivity index (χ2n) is 3.94. The fraction of sp³-hybridized carbons (Fsp3) is 0. The maximum atomic E-state index is 11.6. The largest absolute Gasteiger partial charge is 0.329 e. The molecule has 2 aromatic rings. The Labute approximate surface area is 125 Å². The van der Waals surface area contributed by atoms with E-state index in [0.29, 0.717) is 10.7 Å². The molecule has 0 aliphatic rings. The molecular weight excluding hydrogens is 292 g/mol. The summed E-state index contributed by atoms with van der Waals surface area (Å²) in [6.07, 6.45) is 4.60. The molecule has 1 aromatic carbocycles. The van der Waals surface area contributed by atoms with Crippen molar-refractivity contribution in [2.75, 3.05) is 5.32 Å². The number of aromatic nitrogens is 1. The second-order valence-corrected chi connectivity index (χ2v) is 4.38. The van der Waals surface area contributed by atoms with Gasteiger partial charge in [0.25, 0.3) is 0 Å². The first kappa shape index (κ1) is 14.7. The molecule has 0 unspecified atom stereocenters. The van der Waals surface area contributed by atoms with E-state index in [9.17, 15) is 9.59 Å². The number of carbonyl (C=O) groups is 2. The molecule has 7 heteroatoms.